The van der Waals surface area contributed by atoms with Crippen LogP contribution in [0.15, 0.2) is 18.3 Å². The molecule has 2 N–H and O–H groups in total. The number of hydrogen-bond acceptors (Lipinski definition) is 2. The Labute approximate surface area is 91.9 Å². The number of nitrogens with two attached hydrogens (primary N) is 1. The zero-order chi connectivity index (χ0) is 10.7. The summed E-state index contributed by atoms with van der Waals surface area (Å²) in [7, 11) is 0. The van der Waals surface area contributed by atoms with E-state index in [1.54, 1.807) is 0 Å². The van der Waals surface area contributed by atoms with Crippen LogP contribution in [0.5, 0.6) is 0 Å². The Morgan fingerprint density at radius 2 is 2.07 bits per heavy atom. The minimum atomic E-state index is 0.170. The highest BCUT2D eigenvalue weighted by Crippen LogP contribution is 2.38. The lowest BCUT2D eigenvalue weighted by Crippen LogP contribution is -2.38. The molecule has 0 radical (unpaired) electrons. The molecule has 0 saturated heterocycles. The van der Waals surface area contributed by atoms with Gasteiger partial charge < -0.3 is 5.73 Å². The molecule has 1 fully saturated rings. The Hall–Kier alpha value is -0.890. The lowest BCUT2D eigenvalue weighted by Gasteiger charge is -2.36. The fourth-order valence-corrected chi connectivity index (χ4v) is 2.81. The van der Waals surface area contributed by atoms with Crippen LogP contribution in [0, 0.1) is 6.92 Å². The van der Waals surface area contributed by atoms with Crippen molar-refractivity contribution < 1.29 is 0 Å². The maximum Gasteiger partial charge on any atom is 0.0507 e. The third kappa shape index (κ3) is 1.91. The fraction of sp³-hybridized carbons (Fsp3) is 0.615. The van der Waals surface area contributed by atoms with Gasteiger partial charge in [0.15, 0.2) is 0 Å². The number of rotatable bonds is 2. The van der Waals surface area contributed by atoms with Crippen LogP contribution in [0.2, 0.25) is 0 Å². The molecule has 82 valence electrons. The molecule has 1 aromatic heterocycles. The number of aromatic nitrogens is 1. The first-order chi connectivity index (χ1) is 7.28. The van der Waals surface area contributed by atoms with Crippen molar-refractivity contribution in [2.75, 3.05) is 6.54 Å². The van der Waals surface area contributed by atoms with Gasteiger partial charge in [-0.25, -0.2) is 0 Å². The summed E-state index contributed by atoms with van der Waals surface area (Å²) in [5.41, 5.74) is 8.71. The van der Waals surface area contributed by atoms with E-state index in [0.29, 0.717) is 0 Å². The molecule has 2 nitrogen and oxygen atoms in total. The van der Waals surface area contributed by atoms with Crippen LogP contribution in [0.1, 0.15) is 43.4 Å². The molecule has 1 aliphatic rings. The summed E-state index contributed by atoms with van der Waals surface area (Å²) in [5, 5.41) is 0. The van der Waals surface area contributed by atoms with E-state index in [1.807, 2.05) is 12.3 Å². The maximum atomic E-state index is 6.00. The Morgan fingerprint density at radius 3 is 2.67 bits per heavy atom. The average molecular weight is 204 g/mol. The summed E-state index contributed by atoms with van der Waals surface area (Å²) in [4.78, 5) is 4.56. The van der Waals surface area contributed by atoms with Crippen molar-refractivity contribution in [2.45, 2.75) is 44.4 Å². The largest absolute Gasteiger partial charge is 0.330 e. The molecule has 1 saturated carbocycles. The second kappa shape index (κ2) is 4.31. The van der Waals surface area contributed by atoms with Crippen LogP contribution in [0.4, 0.5) is 0 Å². The highest BCUT2D eigenvalue weighted by atomic mass is 14.7. The first kappa shape index (κ1) is 10.6. The highest BCUT2D eigenvalue weighted by Gasteiger charge is 2.34. The smallest absolute Gasteiger partial charge is 0.0507 e. The molecule has 0 amide bonds. The molecule has 0 aliphatic heterocycles. The zero-order valence-electron chi connectivity index (χ0n) is 9.50. The van der Waals surface area contributed by atoms with Gasteiger partial charge in [-0.1, -0.05) is 25.3 Å². The van der Waals surface area contributed by atoms with Crippen molar-refractivity contribution in [1.82, 2.24) is 4.98 Å². The van der Waals surface area contributed by atoms with Crippen LogP contribution < -0.4 is 5.73 Å². The van der Waals surface area contributed by atoms with Crippen molar-refractivity contribution in [3.8, 4) is 0 Å². The number of nitrogens with zero attached hydrogens (tertiary/aromatic N) is 1. The first-order valence-corrected chi connectivity index (χ1v) is 5.91. The zero-order valence-corrected chi connectivity index (χ0v) is 9.50. The minimum absolute atomic E-state index is 0.170. The summed E-state index contributed by atoms with van der Waals surface area (Å²) >= 11 is 0. The second-order valence-electron chi connectivity index (χ2n) is 4.71. The van der Waals surface area contributed by atoms with E-state index in [-0.39, 0.29) is 5.41 Å². The molecule has 2 rings (SSSR count). The summed E-state index contributed by atoms with van der Waals surface area (Å²) < 4.78 is 0. The van der Waals surface area contributed by atoms with Crippen molar-refractivity contribution in [3.05, 3.63) is 29.6 Å². The average Bonchev–Trinajstić information content (AvgIpc) is 2.30. The number of aryl methyl sites for hydroxylation is 1. The van der Waals surface area contributed by atoms with Crippen LogP contribution in [0.3, 0.4) is 0 Å². The first-order valence-electron chi connectivity index (χ1n) is 5.91. The van der Waals surface area contributed by atoms with Crippen molar-refractivity contribution in [1.29, 1.82) is 0 Å². The van der Waals surface area contributed by atoms with Gasteiger partial charge in [0.1, 0.15) is 0 Å². The highest BCUT2D eigenvalue weighted by molar-refractivity contribution is 5.27. The van der Waals surface area contributed by atoms with Gasteiger partial charge in [-0.3, -0.25) is 4.98 Å². The molecular formula is C13H20N2. The molecule has 0 atom stereocenters. The van der Waals surface area contributed by atoms with E-state index in [0.717, 1.165) is 6.54 Å². The number of hydrogen-bond donors (Lipinski definition) is 1. The van der Waals surface area contributed by atoms with Crippen molar-refractivity contribution in [3.63, 3.8) is 0 Å². The monoisotopic (exact) mass is 204 g/mol. The third-order valence-corrected chi connectivity index (χ3v) is 3.71. The van der Waals surface area contributed by atoms with E-state index in [9.17, 15) is 0 Å². The van der Waals surface area contributed by atoms with Crippen LogP contribution in [0.25, 0.3) is 0 Å². The van der Waals surface area contributed by atoms with Crippen LogP contribution in [-0.2, 0) is 5.41 Å². The number of pyridine rings is 1. The second-order valence-corrected chi connectivity index (χ2v) is 4.71. The Kier molecular flexibility index (Phi) is 3.06. The SMILES string of the molecule is Cc1cccnc1C1(CN)CCCCC1. The molecular weight excluding hydrogens is 184 g/mol. The molecule has 0 bridgehead atoms. The van der Waals surface area contributed by atoms with Gasteiger partial charge in [-0.2, -0.15) is 0 Å². The van der Waals surface area contributed by atoms with E-state index < -0.39 is 0 Å². The minimum Gasteiger partial charge on any atom is -0.330 e. The van der Waals surface area contributed by atoms with E-state index in [2.05, 4.69) is 18.0 Å². The summed E-state index contributed by atoms with van der Waals surface area (Å²) in [6.07, 6.45) is 8.27. The third-order valence-electron chi connectivity index (χ3n) is 3.71. The van der Waals surface area contributed by atoms with Gasteiger partial charge in [0.05, 0.1) is 5.69 Å². The molecule has 1 aliphatic carbocycles. The molecule has 0 spiro atoms. The van der Waals surface area contributed by atoms with Crippen LogP contribution in [-0.4, -0.2) is 11.5 Å². The van der Waals surface area contributed by atoms with E-state index >= 15 is 0 Å². The van der Waals surface area contributed by atoms with Crippen molar-refractivity contribution in [2.24, 2.45) is 5.73 Å². The van der Waals surface area contributed by atoms with Crippen LogP contribution >= 0.6 is 0 Å². The Morgan fingerprint density at radius 1 is 1.33 bits per heavy atom. The predicted molar refractivity (Wildman–Crippen MR) is 62.8 cm³/mol. The van der Waals surface area contributed by atoms with Gasteiger partial charge in [0.25, 0.3) is 0 Å². The predicted octanol–water partition coefficient (Wildman–Crippen LogP) is 2.55. The molecule has 0 aromatic carbocycles. The van der Waals surface area contributed by atoms with E-state index in [1.165, 1.54) is 43.4 Å². The Bertz CT molecular complexity index is 327. The fourth-order valence-electron chi connectivity index (χ4n) is 2.81. The molecule has 15 heavy (non-hydrogen) atoms. The molecule has 2 heteroatoms. The molecule has 0 unspecified atom stereocenters. The maximum absolute atomic E-state index is 6.00. The lowest BCUT2D eigenvalue weighted by molar-refractivity contribution is 0.292. The summed E-state index contributed by atoms with van der Waals surface area (Å²) in [5.74, 6) is 0. The molecule has 1 heterocycles. The quantitative estimate of drug-likeness (QED) is 0.804. The summed E-state index contributed by atoms with van der Waals surface area (Å²) in [6.45, 7) is 2.89. The molecule has 1 aromatic rings. The standard InChI is InChI=1S/C13H20N2/c1-11-6-5-9-15-12(11)13(10-14)7-3-2-4-8-13/h5-6,9H,2-4,7-8,10,14H2,1H3. The van der Waals surface area contributed by atoms with Gasteiger partial charge in [0, 0.05) is 18.2 Å². The summed E-state index contributed by atoms with van der Waals surface area (Å²) in [6, 6.07) is 4.15. The Balaban J connectivity index is 2.36. The lowest BCUT2D eigenvalue weighted by atomic mass is 9.70. The van der Waals surface area contributed by atoms with Gasteiger partial charge in [-0.05, 0) is 31.4 Å². The normalized spacial score (nSPS) is 20.1. The van der Waals surface area contributed by atoms with Gasteiger partial charge in [-0.15, -0.1) is 0 Å². The van der Waals surface area contributed by atoms with Crippen molar-refractivity contribution >= 4 is 0 Å². The topological polar surface area (TPSA) is 38.9 Å². The van der Waals surface area contributed by atoms with Gasteiger partial charge >= 0.3 is 0 Å². The van der Waals surface area contributed by atoms with Gasteiger partial charge in [0.2, 0.25) is 0 Å². The van der Waals surface area contributed by atoms with E-state index in [4.69, 9.17) is 5.73 Å².